The highest BCUT2D eigenvalue weighted by Gasteiger charge is 2.23. The van der Waals surface area contributed by atoms with Gasteiger partial charge in [0.25, 0.3) is 5.88 Å². The lowest BCUT2D eigenvalue weighted by Gasteiger charge is -2.30. The van der Waals surface area contributed by atoms with Gasteiger partial charge < -0.3 is 14.4 Å². The molecule has 0 saturated carbocycles. The maximum absolute atomic E-state index is 6.04. The van der Waals surface area contributed by atoms with Gasteiger partial charge in [0.15, 0.2) is 5.82 Å². The standard InChI is InChI=1S/C16H21N3O2/c1-16(2,3)21-15-14(19-8-10-20-11-9-19)17-12-6-4-5-7-13(12)18-15/h4-7H,8-11H2,1-3H3. The maximum atomic E-state index is 6.04. The number of fused-ring (bicyclic) bond motifs is 1. The van der Waals surface area contributed by atoms with Crippen molar-refractivity contribution in [2.75, 3.05) is 31.2 Å². The number of hydrogen-bond donors (Lipinski definition) is 0. The summed E-state index contributed by atoms with van der Waals surface area (Å²) >= 11 is 0. The summed E-state index contributed by atoms with van der Waals surface area (Å²) in [6, 6.07) is 7.88. The molecule has 0 aliphatic carbocycles. The topological polar surface area (TPSA) is 47.5 Å². The fourth-order valence-corrected chi connectivity index (χ4v) is 2.31. The monoisotopic (exact) mass is 287 g/mol. The molecule has 1 aliphatic rings. The minimum atomic E-state index is -0.307. The largest absolute Gasteiger partial charge is 0.469 e. The Morgan fingerprint density at radius 3 is 2.29 bits per heavy atom. The fourth-order valence-electron chi connectivity index (χ4n) is 2.31. The zero-order valence-corrected chi connectivity index (χ0v) is 12.8. The van der Waals surface area contributed by atoms with E-state index in [9.17, 15) is 0 Å². The highest BCUT2D eigenvalue weighted by atomic mass is 16.5. The molecule has 1 fully saturated rings. The summed E-state index contributed by atoms with van der Waals surface area (Å²) in [4.78, 5) is 11.6. The molecule has 112 valence electrons. The SMILES string of the molecule is CC(C)(C)Oc1nc2ccccc2nc1N1CCOCC1. The first kappa shape index (κ1) is 14.1. The second-order valence-electron chi connectivity index (χ2n) is 6.15. The lowest BCUT2D eigenvalue weighted by molar-refractivity contribution is 0.115. The van der Waals surface area contributed by atoms with E-state index in [4.69, 9.17) is 14.5 Å². The van der Waals surface area contributed by atoms with Crippen LogP contribution in [0.1, 0.15) is 20.8 Å². The Hall–Kier alpha value is -1.88. The Labute approximate surface area is 124 Å². The molecule has 0 amide bonds. The molecule has 5 nitrogen and oxygen atoms in total. The van der Waals surface area contributed by atoms with Crippen LogP contribution >= 0.6 is 0 Å². The van der Waals surface area contributed by atoms with Crippen molar-refractivity contribution in [2.45, 2.75) is 26.4 Å². The number of para-hydroxylation sites is 2. The number of anilines is 1. The lowest BCUT2D eigenvalue weighted by atomic mass is 10.2. The van der Waals surface area contributed by atoms with Crippen molar-refractivity contribution in [3.8, 4) is 5.88 Å². The minimum Gasteiger partial charge on any atom is -0.469 e. The van der Waals surface area contributed by atoms with Crippen molar-refractivity contribution in [1.29, 1.82) is 0 Å². The second kappa shape index (κ2) is 5.48. The molecular weight excluding hydrogens is 266 g/mol. The van der Waals surface area contributed by atoms with Gasteiger partial charge in [-0.25, -0.2) is 9.97 Å². The van der Waals surface area contributed by atoms with E-state index in [1.165, 1.54) is 0 Å². The number of ether oxygens (including phenoxy) is 2. The van der Waals surface area contributed by atoms with Crippen molar-refractivity contribution in [3.05, 3.63) is 24.3 Å². The summed E-state index contributed by atoms with van der Waals surface area (Å²) in [5, 5.41) is 0. The van der Waals surface area contributed by atoms with E-state index in [1.807, 2.05) is 45.0 Å². The number of rotatable bonds is 2. The van der Waals surface area contributed by atoms with Crippen LogP contribution in [0.2, 0.25) is 0 Å². The van der Waals surface area contributed by atoms with Crippen LogP contribution in [0, 0.1) is 0 Å². The molecule has 0 spiro atoms. The molecule has 21 heavy (non-hydrogen) atoms. The molecule has 3 rings (SSSR count). The molecule has 2 aromatic rings. The normalized spacial score (nSPS) is 16.2. The average molecular weight is 287 g/mol. The predicted octanol–water partition coefficient (Wildman–Crippen LogP) is 2.64. The first-order chi connectivity index (χ1) is 10.0. The summed E-state index contributed by atoms with van der Waals surface area (Å²) in [7, 11) is 0. The molecule has 5 heteroatoms. The van der Waals surface area contributed by atoms with E-state index in [1.54, 1.807) is 0 Å². The van der Waals surface area contributed by atoms with Crippen molar-refractivity contribution in [2.24, 2.45) is 0 Å². The van der Waals surface area contributed by atoms with Gasteiger partial charge in [0.05, 0.1) is 24.2 Å². The smallest absolute Gasteiger partial charge is 0.258 e. The molecule has 1 aromatic carbocycles. The molecule has 0 atom stereocenters. The molecule has 0 radical (unpaired) electrons. The van der Waals surface area contributed by atoms with Crippen LogP contribution in [0.15, 0.2) is 24.3 Å². The lowest BCUT2D eigenvalue weighted by Crippen LogP contribution is -2.37. The Kier molecular flexibility index (Phi) is 3.68. The number of morpholine rings is 1. The Morgan fingerprint density at radius 1 is 1.05 bits per heavy atom. The predicted molar refractivity (Wildman–Crippen MR) is 83.0 cm³/mol. The van der Waals surface area contributed by atoms with Crippen LogP contribution in [0.5, 0.6) is 5.88 Å². The number of aromatic nitrogens is 2. The highest BCUT2D eigenvalue weighted by Crippen LogP contribution is 2.30. The quantitative estimate of drug-likeness (QED) is 0.850. The van der Waals surface area contributed by atoms with Crippen molar-refractivity contribution in [3.63, 3.8) is 0 Å². The Bertz CT molecular complexity index is 631. The third-order valence-corrected chi connectivity index (χ3v) is 3.23. The first-order valence-corrected chi connectivity index (χ1v) is 7.31. The Balaban J connectivity index is 2.07. The molecule has 0 N–H and O–H groups in total. The highest BCUT2D eigenvalue weighted by molar-refractivity contribution is 5.77. The maximum Gasteiger partial charge on any atom is 0.258 e. The number of benzene rings is 1. The molecule has 1 aromatic heterocycles. The van der Waals surface area contributed by atoms with Gasteiger partial charge in [-0.05, 0) is 32.9 Å². The van der Waals surface area contributed by atoms with Gasteiger partial charge in [0.2, 0.25) is 0 Å². The van der Waals surface area contributed by atoms with Gasteiger partial charge >= 0.3 is 0 Å². The Morgan fingerprint density at radius 2 is 1.67 bits per heavy atom. The fraction of sp³-hybridized carbons (Fsp3) is 0.500. The van der Waals surface area contributed by atoms with Crippen molar-refractivity contribution >= 4 is 16.9 Å². The minimum absolute atomic E-state index is 0.307. The van der Waals surface area contributed by atoms with Crippen LogP contribution < -0.4 is 9.64 Å². The van der Waals surface area contributed by atoms with E-state index in [0.717, 1.165) is 29.9 Å². The second-order valence-corrected chi connectivity index (χ2v) is 6.15. The van der Waals surface area contributed by atoms with Gasteiger partial charge in [-0.1, -0.05) is 12.1 Å². The number of hydrogen-bond acceptors (Lipinski definition) is 5. The molecular formula is C16H21N3O2. The summed E-state index contributed by atoms with van der Waals surface area (Å²) in [5.74, 6) is 1.41. The van der Waals surface area contributed by atoms with Crippen LogP contribution in [0.3, 0.4) is 0 Å². The van der Waals surface area contributed by atoms with Crippen LogP contribution in [-0.4, -0.2) is 41.9 Å². The van der Waals surface area contributed by atoms with E-state index in [0.29, 0.717) is 19.1 Å². The average Bonchev–Trinajstić information content (AvgIpc) is 2.46. The van der Waals surface area contributed by atoms with Crippen molar-refractivity contribution in [1.82, 2.24) is 9.97 Å². The first-order valence-electron chi connectivity index (χ1n) is 7.31. The summed E-state index contributed by atoms with van der Waals surface area (Å²) < 4.78 is 11.5. The summed E-state index contributed by atoms with van der Waals surface area (Å²) in [5.41, 5.74) is 1.44. The molecule has 2 heterocycles. The molecule has 0 unspecified atom stereocenters. The van der Waals surface area contributed by atoms with E-state index >= 15 is 0 Å². The van der Waals surface area contributed by atoms with Crippen LogP contribution in [0.25, 0.3) is 11.0 Å². The summed E-state index contributed by atoms with van der Waals surface area (Å²) in [6.45, 7) is 9.11. The van der Waals surface area contributed by atoms with Crippen LogP contribution in [-0.2, 0) is 4.74 Å². The van der Waals surface area contributed by atoms with Crippen LogP contribution in [0.4, 0.5) is 5.82 Å². The molecule has 0 bridgehead atoms. The third-order valence-electron chi connectivity index (χ3n) is 3.23. The van der Waals surface area contributed by atoms with Gasteiger partial charge in [-0.3, -0.25) is 0 Å². The van der Waals surface area contributed by atoms with E-state index < -0.39 is 0 Å². The third kappa shape index (κ3) is 3.24. The summed E-state index contributed by atoms with van der Waals surface area (Å²) in [6.07, 6.45) is 0. The van der Waals surface area contributed by atoms with Gasteiger partial charge in [0, 0.05) is 13.1 Å². The van der Waals surface area contributed by atoms with E-state index in [2.05, 4.69) is 9.88 Å². The van der Waals surface area contributed by atoms with Gasteiger partial charge in [-0.15, -0.1) is 0 Å². The number of nitrogens with zero attached hydrogens (tertiary/aromatic N) is 3. The van der Waals surface area contributed by atoms with Crippen molar-refractivity contribution < 1.29 is 9.47 Å². The van der Waals surface area contributed by atoms with Gasteiger partial charge in [-0.2, -0.15) is 0 Å². The molecule has 1 aliphatic heterocycles. The van der Waals surface area contributed by atoms with E-state index in [-0.39, 0.29) is 5.60 Å². The zero-order chi connectivity index (χ0) is 14.9. The molecule has 1 saturated heterocycles. The van der Waals surface area contributed by atoms with Gasteiger partial charge in [0.1, 0.15) is 5.60 Å². The zero-order valence-electron chi connectivity index (χ0n) is 12.8.